The molecule has 3 heterocycles. The number of anilines is 2. The van der Waals surface area contributed by atoms with Crippen LogP contribution in [0.1, 0.15) is 11.8 Å². The van der Waals surface area contributed by atoms with Gasteiger partial charge in [0, 0.05) is 15.4 Å². The van der Waals surface area contributed by atoms with Crippen LogP contribution in [0.2, 0.25) is 0 Å². The van der Waals surface area contributed by atoms with Crippen LogP contribution in [-0.2, 0) is 14.4 Å². The van der Waals surface area contributed by atoms with Crippen LogP contribution in [0.3, 0.4) is 0 Å². The van der Waals surface area contributed by atoms with Gasteiger partial charge in [0.05, 0.1) is 11.4 Å². The molecule has 1 aromatic heterocycles. The number of benzene rings is 4. The topological polar surface area (TPSA) is 63.0 Å². The van der Waals surface area contributed by atoms with E-state index in [4.69, 9.17) is 9.25 Å². The normalized spacial score (nSPS) is 20.9. The average Bonchev–Trinajstić information content (AvgIpc) is 3.65. The van der Waals surface area contributed by atoms with E-state index in [0.717, 1.165) is 26.5 Å². The standard InChI is InChI=1S/C31H21BrN2O4/c32-21-15-13-20(14-16-21)25-17-18-26(37-25)28-27-29(38-34(28)22-9-2-1-3-10-22)31(36)33(30(27)35)24-12-6-8-19-7-4-5-11-23(19)24/h1-18,27-29H/t27-,28+,29-/m1/s1. The van der Waals surface area contributed by atoms with Crippen LogP contribution in [0.25, 0.3) is 22.1 Å². The summed E-state index contributed by atoms with van der Waals surface area (Å²) in [5, 5.41) is 3.44. The predicted molar refractivity (Wildman–Crippen MR) is 148 cm³/mol. The molecule has 186 valence electrons. The first-order chi connectivity index (χ1) is 18.6. The number of para-hydroxylation sites is 1. The first kappa shape index (κ1) is 23.0. The average molecular weight is 565 g/mol. The van der Waals surface area contributed by atoms with E-state index in [1.54, 1.807) is 5.06 Å². The third-order valence-electron chi connectivity index (χ3n) is 7.18. The molecule has 0 unspecified atom stereocenters. The summed E-state index contributed by atoms with van der Waals surface area (Å²) >= 11 is 3.47. The van der Waals surface area contributed by atoms with Crippen LogP contribution in [0.15, 0.2) is 118 Å². The number of carbonyl (C=O) groups is 2. The second-order valence-electron chi connectivity index (χ2n) is 9.38. The Morgan fingerprint density at radius 2 is 1.45 bits per heavy atom. The Balaban J connectivity index is 1.32. The van der Waals surface area contributed by atoms with Crippen molar-refractivity contribution in [2.45, 2.75) is 12.1 Å². The number of hydrogen-bond donors (Lipinski definition) is 0. The molecule has 2 fully saturated rings. The lowest BCUT2D eigenvalue weighted by atomic mass is 9.94. The summed E-state index contributed by atoms with van der Waals surface area (Å²) in [6, 6.07) is 33.8. The molecule has 2 amide bonds. The molecule has 38 heavy (non-hydrogen) atoms. The van der Waals surface area contributed by atoms with E-state index < -0.39 is 18.1 Å². The van der Waals surface area contributed by atoms with E-state index in [1.165, 1.54) is 4.90 Å². The van der Waals surface area contributed by atoms with Crippen LogP contribution < -0.4 is 9.96 Å². The van der Waals surface area contributed by atoms with E-state index in [-0.39, 0.29) is 11.8 Å². The Labute approximate surface area is 227 Å². The van der Waals surface area contributed by atoms with Crippen molar-refractivity contribution in [3.8, 4) is 11.3 Å². The zero-order chi connectivity index (χ0) is 25.8. The number of imide groups is 1. The minimum absolute atomic E-state index is 0.304. The fourth-order valence-electron chi connectivity index (χ4n) is 5.42. The van der Waals surface area contributed by atoms with E-state index in [9.17, 15) is 9.59 Å². The molecule has 2 saturated heterocycles. The summed E-state index contributed by atoms with van der Waals surface area (Å²) in [5.41, 5.74) is 2.22. The van der Waals surface area contributed by atoms with Gasteiger partial charge in [-0.1, -0.05) is 82.7 Å². The molecular formula is C31H21BrN2O4. The maximum Gasteiger partial charge on any atom is 0.266 e. The highest BCUT2D eigenvalue weighted by Crippen LogP contribution is 2.49. The van der Waals surface area contributed by atoms with Gasteiger partial charge < -0.3 is 4.42 Å². The van der Waals surface area contributed by atoms with Crippen molar-refractivity contribution < 1.29 is 18.8 Å². The second kappa shape index (κ2) is 8.97. The molecule has 5 aromatic rings. The summed E-state index contributed by atoms with van der Waals surface area (Å²) in [4.78, 5) is 35.4. The van der Waals surface area contributed by atoms with Crippen molar-refractivity contribution in [1.82, 2.24) is 0 Å². The van der Waals surface area contributed by atoms with Crippen LogP contribution >= 0.6 is 15.9 Å². The third-order valence-corrected chi connectivity index (χ3v) is 7.71. The fraction of sp³-hybridized carbons (Fsp3) is 0.0968. The summed E-state index contributed by atoms with van der Waals surface area (Å²) in [6.45, 7) is 0. The Hall–Kier alpha value is -4.20. The molecule has 0 spiro atoms. The van der Waals surface area contributed by atoms with Gasteiger partial charge in [-0.15, -0.1) is 0 Å². The second-order valence-corrected chi connectivity index (χ2v) is 10.3. The van der Waals surface area contributed by atoms with Crippen LogP contribution in [0.4, 0.5) is 11.4 Å². The number of carbonyl (C=O) groups excluding carboxylic acids is 2. The Kier molecular flexibility index (Phi) is 5.42. The van der Waals surface area contributed by atoms with E-state index in [1.807, 2.05) is 109 Å². The molecule has 6 nitrogen and oxygen atoms in total. The monoisotopic (exact) mass is 564 g/mol. The lowest BCUT2D eigenvalue weighted by Gasteiger charge is -2.27. The van der Waals surface area contributed by atoms with Gasteiger partial charge in [0.2, 0.25) is 5.91 Å². The minimum Gasteiger partial charge on any atom is -0.459 e. The zero-order valence-electron chi connectivity index (χ0n) is 20.0. The molecule has 3 atom stereocenters. The molecule has 7 rings (SSSR count). The zero-order valence-corrected chi connectivity index (χ0v) is 21.6. The van der Waals surface area contributed by atoms with E-state index in [2.05, 4.69) is 15.9 Å². The molecule has 0 bridgehead atoms. The molecule has 0 radical (unpaired) electrons. The van der Waals surface area contributed by atoms with Gasteiger partial charge in [0.15, 0.2) is 6.10 Å². The number of rotatable bonds is 4. The lowest BCUT2D eigenvalue weighted by molar-refractivity contribution is -0.126. The molecule has 2 aliphatic heterocycles. The number of hydroxylamine groups is 1. The van der Waals surface area contributed by atoms with Crippen molar-refractivity contribution >= 4 is 49.9 Å². The fourth-order valence-corrected chi connectivity index (χ4v) is 5.69. The van der Waals surface area contributed by atoms with Crippen molar-refractivity contribution in [3.05, 3.63) is 119 Å². The summed E-state index contributed by atoms with van der Waals surface area (Å²) < 4.78 is 7.30. The van der Waals surface area contributed by atoms with Crippen LogP contribution in [-0.4, -0.2) is 17.9 Å². The first-order valence-electron chi connectivity index (χ1n) is 12.3. The van der Waals surface area contributed by atoms with Crippen LogP contribution in [0, 0.1) is 5.92 Å². The first-order valence-corrected chi connectivity index (χ1v) is 13.1. The smallest absolute Gasteiger partial charge is 0.266 e. The molecule has 7 heteroatoms. The number of furan rings is 1. The lowest BCUT2D eigenvalue weighted by Crippen LogP contribution is -2.37. The predicted octanol–water partition coefficient (Wildman–Crippen LogP) is 6.91. The molecule has 0 N–H and O–H groups in total. The molecular weight excluding hydrogens is 544 g/mol. The van der Waals surface area contributed by atoms with Gasteiger partial charge in [0.25, 0.3) is 5.91 Å². The van der Waals surface area contributed by atoms with Gasteiger partial charge in [0.1, 0.15) is 23.5 Å². The highest BCUT2D eigenvalue weighted by atomic mass is 79.9. The van der Waals surface area contributed by atoms with Gasteiger partial charge in [-0.25, -0.2) is 9.96 Å². The molecule has 0 saturated carbocycles. The van der Waals surface area contributed by atoms with Crippen molar-refractivity contribution in [2.75, 3.05) is 9.96 Å². The number of nitrogens with zero attached hydrogens (tertiary/aromatic N) is 2. The maximum atomic E-state index is 14.1. The van der Waals surface area contributed by atoms with Gasteiger partial charge in [-0.3, -0.25) is 14.4 Å². The van der Waals surface area contributed by atoms with Crippen molar-refractivity contribution in [1.29, 1.82) is 0 Å². The number of hydrogen-bond acceptors (Lipinski definition) is 5. The molecule has 0 aliphatic carbocycles. The highest BCUT2D eigenvalue weighted by Gasteiger charge is 2.61. The van der Waals surface area contributed by atoms with E-state index >= 15 is 0 Å². The number of halogens is 1. The van der Waals surface area contributed by atoms with Crippen molar-refractivity contribution in [3.63, 3.8) is 0 Å². The van der Waals surface area contributed by atoms with Crippen LogP contribution in [0.5, 0.6) is 0 Å². The minimum atomic E-state index is -0.965. The Morgan fingerprint density at radius 3 is 2.26 bits per heavy atom. The maximum absolute atomic E-state index is 14.1. The highest BCUT2D eigenvalue weighted by molar-refractivity contribution is 9.10. The van der Waals surface area contributed by atoms with E-state index in [0.29, 0.717) is 17.2 Å². The quantitative estimate of drug-likeness (QED) is 0.222. The third kappa shape index (κ3) is 3.58. The summed E-state index contributed by atoms with van der Waals surface area (Å²) in [7, 11) is 0. The summed E-state index contributed by atoms with van der Waals surface area (Å²) in [5.74, 6) is -0.224. The Morgan fingerprint density at radius 1 is 0.711 bits per heavy atom. The SMILES string of the molecule is O=C1[C@H]2[C@@H](ON(c3ccccc3)[C@H]2c2ccc(-c3ccc(Br)cc3)o2)C(=O)N1c1cccc2ccccc12. The largest absolute Gasteiger partial charge is 0.459 e. The summed E-state index contributed by atoms with van der Waals surface area (Å²) in [6.07, 6.45) is -0.965. The molecule has 4 aromatic carbocycles. The van der Waals surface area contributed by atoms with Crippen molar-refractivity contribution in [2.24, 2.45) is 5.92 Å². The Bertz CT molecular complexity index is 1680. The van der Waals surface area contributed by atoms with Gasteiger partial charge in [-0.2, -0.15) is 0 Å². The van der Waals surface area contributed by atoms with Gasteiger partial charge >= 0.3 is 0 Å². The number of amides is 2. The number of fused-ring (bicyclic) bond motifs is 2. The van der Waals surface area contributed by atoms with Gasteiger partial charge in [-0.05, 0) is 47.9 Å². The molecule has 2 aliphatic rings.